The highest BCUT2D eigenvalue weighted by molar-refractivity contribution is 5.88. The fourth-order valence-electron chi connectivity index (χ4n) is 2.76. The number of esters is 2. The third-order valence-corrected chi connectivity index (χ3v) is 4.30. The SMILES string of the molecule is C=CC(=O)OC(C)COc1ccc(Cc2ccc(CC(=C)C(=O)OCC)cc2)cc1. The number of hydrogen-bond acceptors (Lipinski definition) is 5. The highest BCUT2D eigenvalue weighted by Crippen LogP contribution is 2.17. The number of hydrogen-bond donors (Lipinski definition) is 0. The predicted octanol–water partition coefficient (Wildman–Crippen LogP) is 4.44. The molecule has 30 heavy (non-hydrogen) atoms. The second kappa shape index (κ2) is 11.6. The smallest absolute Gasteiger partial charge is 0.333 e. The Morgan fingerprint density at radius 1 is 1.00 bits per heavy atom. The maximum atomic E-state index is 11.7. The van der Waals surface area contributed by atoms with Crippen molar-refractivity contribution in [1.82, 2.24) is 0 Å². The number of benzene rings is 2. The molecule has 5 nitrogen and oxygen atoms in total. The van der Waals surface area contributed by atoms with E-state index < -0.39 is 5.97 Å². The van der Waals surface area contributed by atoms with E-state index in [0.29, 0.717) is 24.4 Å². The first-order valence-corrected chi connectivity index (χ1v) is 9.88. The standard InChI is InChI=1S/C25H28O5/c1-5-24(26)30-19(4)17-29-23-13-11-22(12-14-23)16-21-9-7-20(8-10-21)15-18(3)25(27)28-6-2/h5,7-14,19H,1,3,6,15-17H2,2,4H3. The maximum absolute atomic E-state index is 11.7. The molecule has 2 aromatic rings. The van der Waals surface area contributed by atoms with Crippen molar-refractivity contribution >= 4 is 11.9 Å². The summed E-state index contributed by atoms with van der Waals surface area (Å²) in [6.45, 7) is 11.3. The van der Waals surface area contributed by atoms with Gasteiger partial charge >= 0.3 is 11.9 Å². The number of carbonyl (C=O) groups excluding carboxylic acids is 2. The van der Waals surface area contributed by atoms with Gasteiger partial charge < -0.3 is 14.2 Å². The Hall–Kier alpha value is -3.34. The molecular weight excluding hydrogens is 380 g/mol. The van der Waals surface area contributed by atoms with E-state index in [1.807, 2.05) is 48.5 Å². The van der Waals surface area contributed by atoms with Crippen LogP contribution in [-0.2, 0) is 31.9 Å². The predicted molar refractivity (Wildman–Crippen MR) is 116 cm³/mol. The largest absolute Gasteiger partial charge is 0.490 e. The van der Waals surface area contributed by atoms with E-state index in [1.54, 1.807) is 13.8 Å². The molecule has 1 unspecified atom stereocenters. The second-order valence-corrected chi connectivity index (χ2v) is 6.90. The average molecular weight is 408 g/mol. The van der Waals surface area contributed by atoms with Gasteiger partial charge in [-0.1, -0.05) is 49.6 Å². The van der Waals surface area contributed by atoms with Crippen LogP contribution < -0.4 is 4.74 Å². The van der Waals surface area contributed by atoms with E-state index in [0.717, 1.165) is 23.6 Å². The number of carbonyl (C=O) groups is 2. The zero-order valence-corrected chi connectivity index (χ0v) is 17.6. The fourth-order valence-corrected chi connectivity index (χ4v) is 2.76. The molecule has 0 bridgehead atoms. The summed E-state index contributed by atoms with van der Waals surface area (Å²) in [6.07, 6.45) is 2.04. The molecule has 2 rings (SSSR count). The minimum absolute atomic E-state index is 0.275. The molecule has 2 aromatic carbocycles. The third-order valence-electron chi connectivity index (χ3n) is 4.30. The molecule has 0 amide bonds. The van der Waals surface area contributed by atoms with Crippen LogP contribution in [0.15, 0.2) is 73.3 Å². The summed E-state index contributed by atoms with van der Waals surface area (Å²) < 4.78 is 15.7. The van der Waals surface area contributed by atoms with Gasteiger partial charge in [0, 0.05) is 18.1 Å². The van der Waals surface area contributed by atoms with Gasteiger partial charge in [0.2, 0.25) is 0 Å². The molecule has 0 saturated carbocycles. The van der Waals surface area contributed by atoms with E-state index in [2.05, 4.69) is 13.2 Å². The molecule has 0 heterocycles. The van der Waals surface area contributed by atoms with Crippen LogP contribution in [0, 0.1) is 0 Å². The van der Waals surface area contributed by atoms with Crippen molar-refractivity contribution in [1.29, 1.82) is 0 Å². The Bertz CT molecular complexity index is 865. The van der Waals surface area contributed by atoms with Crippen LogP contribution in [-0.4, -0.2) is 31.3 Å². The summed E-state index contributed by atoms with van der Waals surface area (Å²) >= 11 is 0. The van der Waals surface area contributed by atoms with Crippen molar-refractivity contribution in [2.45, 2.75) is 32.8 Å². The lowest BCUT2D eigenvalue weighted by Gasteiger charge is -2.13. The number of ether oxygens (including phenoxy) is 3. The van der Waals surface area contributed by atoms with Crippen LogP contribution in [0.25, 0.3) is 0 Å². The monoisotopic (exact) mass is 408 g/mol. The van der Waals surface area contributed by atoms with Crippen LogP contribution in [0.1, 0.15) is 30.5 Å². The van der Waals surface area contributed by atoms with E-state index in [1.165, 1.54) is 5.56 Å². The molecule has 5 heteroatoms. The molecule has 0 N–H and O–H groups in total. The van der Waals surface area contributed by atoms with E-state index in [-0.39, 0.29) is 18.7 Å². The van der Waals surface area contributed by atoms with Gasteiger partial charge in [0.1, 0.15) is 18.5 Å². The molecule has 0 fully saturated rings. The van der Waals surface area contributed by atoms with Crippen LogP contribution in [0.5, 0.6) is 5.75 Å². The quantitative estimate of drug-likeness (QED) is 0.406. The molecule has 1 atom stereocenters. The van der Waals surface area contributed by atoms with Gasteiger partial charge in [-0.2, -0.15) is 0 Å². The van der Waals surface area contributed by atoms with Crippen molar-refractivity contribution in [3.63, 3.8) is 0 Å². The van der Waals surface area contributed by atoms with Crippen molar-refractivity contribution in [2.75, 3.05) is 13.2 Å². The molecule has 0 saturated heterocycles. The first kappa shape index (κ1) is 22.9. The van der Waals surface area contributed by atoms with Gasteiger partial charge in [-0.15, -0.1) is 0 Å². The Kier molecular flexibility index (Phi) is 8.88. The highest BCUT2D eigenvalue weighted by atomic mass is 16.6. The molecule has 0 aliphatic rings. The Balaban J connectivity index is 1.85. The summed E-state index contributed by atoms with van der Waals surface area (Å²) in [5.41, 5.74) is 3.79. The fraction of sp³-hybridized carbons (Fsp3) is 0.280. The molecule has 0 spiro atoms. The van der Waals surface area contributed by atoms with Crippen LogP contribution in [0.2, 0.25) is 0 Å². The normalized spacial score (nSPS) is 11.3. The lowest BCUT2D eigenvalue weighted by molar-refractivity contribution is -0.143. The summed E-state index contributed by atoms with van der Waals surface area (Å²) in [5, 5.41) is 0. The summed E-state index contributed by atoms with van der Waals surface area (Å²) in [7, 11) is 0. The molecule has 158 valence electrons. The van der Waals surface area contributed by atoms with E-state index in [4.69, 9.17) is 14.2 Å². The Morgan fingerprint density at radius 2 is 1.57 bits per heavy atom. The van der Waals surface area contributed by atoms with Gasteiger partial charge in [-0.3, -0.25) is 0 Å². The second-order valence-electron chi connectivity index (χ2n) is 6.90. The van der Waals surface area contributed by atoms with Gasteiger partial charge in [-0.25, -0.2) is 9.59 Å². The number of rotatable bonds is 11. The lowest BCUT2D eigenvalue weighted by Crippen LogP contribution is -2.20. The third kappa shape index (κ3) is 7.59. The molecule has 0 aromatic heterocycles. The highest BCUT2D eigenvalue weighted by Gasteiger charge is 2.09. The topological polar surface area (TPSA) is 61.8 Å². The van der Waals surface area contributed by atoms with Gasteiger partial charge in [0.25, 0.3) is 0 Å². The zero-order valence-electron chi connectivity index (χ0n) is 17.6. The first-order valence-electron chi connectivity index (χ1n) is 9.88. The molecule has 0 aliphatic heterocycles. The van der Waals surface area contributed by atoms with Crippen molar-refractivity contribution in [2.24, 2.45) is 0 Å². The lowest BCUT2D eigenvalue weighted by atomic mass is 10.0. The Labute approximate surface area is 178 Å². The summed E-state index contributed by atoms with van der Waals surface area (Å²) in [5.74, 6) is -0.0945. The van der Waals surface area contributed by atoms with Crippen molar-refractivity contribution < 1.29 is 23.8 Å². The van der Waals surface area contributed by atoms with Gasteiger partial charge in [-0.05, 0) is 49.1 Å². The molecule has 0 aliphatic carbocycles. The minimum Gasteiger partial charge on any atom is -0.490 e. The first-order chi connectivity index (χ1) is 14.4. The van der Waals surface area contributed by atoms with Gasteiger partial charge in [0.05, 0.1) is 6.61 Å². The minimum atomic E-state index is -0.460. The molecule has 0 radical (unpaired) electrons. The van der Waals surface area contributed by atoms with Crippen molar-refractivity contribution in [3.05, 3.63) is 90.0 Å². The Morgan fingerprint density at radius 3 is 2.13 bits per heavy atom. The van der Waals surface area contributed by atoms with Crippen LogP contribution in [0.4, 0.5) is 0 Å². The van der Waals surface area contributed by atoms with Crippen LogP contribution >= 0.6 is 0 Å². The van der Waals surface area contributed by atoms with Gasteiger partial charge in [0.15, 0.2) is 0 Å². The summed E-state index contributed by atoms with van der Waals surface area (Å²) in [4.78, 5) is 22.8. The maximum Gasteiger partial charge on any atom is 0.333 e. The van der Waals surface area contributed by atoms with E-state index in [9.17, 15) is 9.59 Å². The zero-order chi connectivity index (χ0) is 21.9. The average Bonchev–Trinajstić information content (AvgIpc) is 2.74. The summed E-state index contributed by atoms with van der Waals surface area (Å²) in [6, 6.07) is 15.9. The van der Waals surface area contributed by atoms with Crippen LogP contribution in [0.3, 0.4) is 0 Å². The van der Waals surface area contributed by atoms with E-state index >= 15 is 0 Å². The molecular formula is C25H28O5. The van der Waals surface area contributed by atoms with Crippen molar-refractivity contribution in [3.8, 4) is 5.75 Å².